The molecule has 15 nitrogen and oxygen atoms in total. The van der Waals surface area contributed by atoms with Crippen LogP contribution in [0.4, 0.5) is 5.82 Å². The van der Waals surface area contributed by atoms with Crippen LogP contribution >= 0.6 is 0 Å². The highest BCUT2D eigenvalue weighted by atomic mass is 16.6. The molecule has 34 heavy (non-hydrogen) atoms. The highest BCUT2D eigenvalue weighted by Crippen LogP contribution is 2.15. The summed E-state index contributed by atoms with van der Waals surface area (Å²) in [5.41, 5.74) is 11.4. The SMILES string of the molecule is C/C(=N\NC(=O)c1n[nH][n+](-c2nonc2N)c1CN1CCCC1)c1cccc(-n2cnnn2)c1. The van der Waals surface area contributed by atoms with Crippen molar-refractivity contribution in [3.05, 3.63) is 47.5 Å². The maximum atomic E-state index is 13.0. The predicted molar refractivity (Wildman–Crippen MR) is 116 cm³/mol. The van der Waals surface area contributed by atoms with Gasteiger partial charge in [-0.05, 0) is 71.2 Å². The van der Waals surface area contributed by atoms with E-state index in [-0.39, 0.29) is 17.3 Å². The van der Waals surface area contributed by atoms with Crippen molar-refractivity contribution in [2.75, 3.05) is 18.8 Å². The minimum Gasteiger partial charge on any atom is -0.375 e. The zero-order valence-corrected chi connectivity index (χ0v) is 18.3. The first-order valence-electron chi connectivity index (χ1n) is 10.6. The Hall–Kier alpha value is -4.53. The summed E-state index contributed by atoms with van der Waals surface area (Å²) in [7, 11) is 0. The normalized spacial score (nSPS) is 14.6. The number of likely N-dealkylation sites (tertiary alicyclic amines) is 1. The average Bonchev–Trinajstić information content (AvgIpc) is 3.66. The number of aromatic amines is 1. The number of aromatic nitrogens is 9. The number of amides is 1. The Kier molecular flexibility index (Phi) is 5.73. The number of nitrogens with zero attached hydrogens (tertiary/aromatic N) is 10. The van der Waals surface area contributed by atoms with Crippen molar-refractivity contribution < 1.29 is 14.1 Å². The molecule has 1 aliphatic heterocycles. The summed E-state index contributed by atoms with van der Waals surface area (Å²) < 4.78 is 7.76. The molecule has 0 atom stereocenters. The number of hydrazone groups is 1. The minimum absolute atomic E-state index is 0.0830. The molecule has 4 N–H and O–H groups in total. The zero-order chi connectivity index (χ0) is 23.5. The molecular weight excluding hydrogens is 442 g/mol. The third-order valence-electron chi connectivity index (χ3n) is 5.50. The summed E-state index contributed by atoms with van der Waals surface area (Å²) in [4.78, 5) is 15.3. The number of nitrogens with two attached hydrogens (primary N) is 1. The van der Waals surface area contributed by atoms with Gasteiger partial charge in [0.1, 0.15) is 11.5 Å². The number of rotatable bonds is 7. The lowest BCUT2D eigenvalue weighted by Gasteiger charge is -2.12. The smallest absolute Gasteiger partial charge is 0.375 e. The Morgan fingerprint density at radius 2 is 2.18 bits per heavy atom. The van der Waals surface area contributed by atoms with Crippen molar-refractivity contribution in [3.63, 3.8) is 0 Å². The molecule has 1 aromatic carbocycles. The molecular formula is C19H22N13O2+. The lowest BCUT2D eigenvalue weighted by Crippen LogP contribution is -2.41. The summed E-state index contributed by atoms with van der Waals surface area (Å²) in [5, 5.41) is 29.8. The quantitative estimate of drug-likeness (QED) is 0.181. The number of nitrogen functional groups attached to an aromatic ring is 1. The first kappa shape index (κ1) is 21.3. The molecule has 4 heterocycles. The van der Waals surface area contributed by atoms with Crippen molar-refractivity contribution in [2.24, 2.45) is 5.10 Å². The second-order valence-electron chi connectivity index (χ2n) is 7.74. The van der Waals surface area contributed by atoms with E-state index in [0.717, 1.165) is 37.2 Å². The second-order valence-corrected chi connectivity index (χ2v) is 7.74. The Balaban J connectivity index is 1.39. The number of tetrazole rings is 1. The van der Waals surface area contributed by atoms with Crippen LogP contribution in [0.3, 0.4) is 0 Å². The fraction of sp³-hybridized carbons (Fsp3) is 0.316. The van der Waals surface area contributed by atoms with Gasteiger partial charge in [-0.25, -0.2) is 10.1 Å². The highest BCUT2D eigenvalue weighted by molar-refractivity contribution is 6.00. The second kappa shape index (κ2) is 9.14. The number of H-pyrrole nitrogens is 1. The van der Waals surface area contributed by atoms with Crippen molar-refractivity contribution in [1.29, 1.82) is 0 Å². The number of nitrogens with one attached hydrogen (secondary N) is 2. The lowest BCUT2D eigenvalue weighted by molar-refractivity contribution is -0.671. The number of hydrogen-bond donors (Lipinski definition) is 3. The van der Waals surface area contributed by atoms with Gasteiger partial charge in [0.05, 0.1) is 17.9 Å². The maximum absolute atomic E-state index is 13.0. The molecule has 4 aromatic rings. The molecule has 1 aliphatic rings. The summed E-state index contributed by atoms with van der Waals surface area (Å²) in [5.74, 6) is -0.158. The number of hydrogen-bond acceptors (Lipinski definition) is 11. The highest BCUT2D eigenvalue weighted by Gasteiger charge is 2.32. The van der Waals surface area contributed by atoms with Gasteiger partial charge in [0, 0.05) is 0 Å². The first-order valence-corrected chi connectivity index (χ1v) is 10.6. The number of carbonyl (C=O) groups excluding carboxylic acids is 1. The van der Waals surface area contributed by atoms with E-state index in [0.29, 0.717) is 18.0 Å². The number of benzene rings is 1. The van der Waals surface area contributed by atoms with Crippen LogP contribution in [0.25, 0.3) is 11.5 Å². The van der Waals surface area contributed by atoms with E-state index >= 15 is 0 Å². The van der Waals surface area contributed by atoms with E-state index in [4.69, 9.17) is 10.4 Å². The van der Waals surface area contributed by atoms with E-state index in [1.807, 2.05) is 24.3 Å². The minimum atomic E-state index is -0.477. The Morgan fingerprint density at radius 3 is 2.91 bits per heavy atom. The third-order valence-corrected chi connectivity index (χ3v) is 5.50. The molecule has 0 bridgehead atoms. The van der Waals surface area contributed by atoms with Gasteiger partial charge < -0.3 is 5.73 Å². The van der Waals surface area contributed by atoms with E-state index in [1.165, 1.54) is 15.7 Å². The van der Waals surface area contributed by atoms with Gasteiger partial charge in [-0.3, -0.25) is 9.69 Å². The number of carbonyl (C=O) groups is 1. The van der Waals surface area contributed by atoms with E-state index in [2.05, 4.69) is 51.6 Å². The summed E-state index contributed by atoms with van der Waals surface area (Å²) in [6.45, 7) is 4.11. The van der Waals surface area contributed by atoms with Gasteiger partial charge in [-0.2, -0.15) is 9.73 Å². The fourth-order valence-electron chi connectivity index (χ4n) is 3.74. The van der Waals surface area contributed by atoms with Crippen LogP contribution in [0.1, 0.15) is 41.5 Å². The van der Waals surface area contributed by atoms with Gasteiger partial charge in [0.2, 0.25) is 0 Å². The monoisotopic (exact) mass is 464 g/mol. The van der Waals surface area contributed by atoms with Crippen molar-refractivity contribution in [2.45, 2.75) is 26.3 Å². The molecule has 0 spiro atoms. The van der Waals surface area contributed by atoms with Crippen LogP contribution in [-0.4, -0.2) is 70.4 Å². The molecule has 1 saturated heterocycles. The van der Waals surface area contributed by atoms with Gasteiger partial charge >= 0.3 is 11.7 Å². The first-order chi connectivity index (χ1) is 16.6. The summed E-state index contributed by atoms with van der Waals surface area (Å²) in [6, 6.07) is 7.46. The summed E-state index contributed by atoms with van der Waals surface area (Å²) in [6.07, 6.45) is 3.69. The Bertz CT molecular complexity index is 1320. The zero-order valence-electron chi connectivity index (χ0n) is 18.3. The largest absolute Gasteiger partial charge is 0.377 e. The van der Waals surface area contributed by atoms with E-state index < -0.39 is 5.91 Å². The van der Waals surface area contributed by atoms with Crippen LogP contribution < -0.4 is 15.8 Å². The lowest BCUT2D eigenvalue weighted by atomic mass is 10.1. The van der Waals surface area contributed by atoms with Crippen LogP contribution in [-0.2, 0) is 6.54 Å². The van der Waals surface area contributed by atoms with E-state index in [9.17, 15) is 4.79 Å². The predicted octanol–water partition coefficient (Wildman–Crippen LogP) is -0.623. The van der Waals surface area contributed by atoms with E-state index in [1.54, 1.807) is 6.92 Å². The van der Waals surface area contributed by atoms with Gasteiger partial charge in [0.15, 0.2) is 5.69 Å². The molecule has 0 aliphatic carbocycles. The molecule has 3 aromatic heterocycles. The summed E-state index contributed by atoms with van der Waals surface area (Å²) >= 11 is 0. The van der Waals surface area contributed by atoms with Gasteiger partial charge in [-0.1, -0.05) is 12.1 Å². The fourth-order valence-corrected chi connectivity index (χ4v) is 3.74. The topological polar surface area (TPSA) is 186 Å². The third kappa shape index (κ3) is 4.23. The standard InChI is InChI=1S/C19H21N13O2/c1-12(13-5-4-6-14(9-13)31-11-21-27-29-31)22-24-19(33)16-15(10-30-7-2-3-8-30)32(28-23-16)18-17(20)25-34-26-18/h4-6,9,11H,2-3,7-8,10H2,1H3,(H3,20,24,25,33)/p+1/b22-12+. The maximum Gasteiger partial charge on any atom is 0.377 e. The Labute approximate surface area is 192 Å². The van der Waals surface area contributed by atoms with Crippen LogP contribution in [0.2, 0.25) is 0 Å². The molecule has 0 unspecified atom stereocenters. The molecule has 1 fully saturated rings. The van der Waals surface area contributed by atoms with Crippen LogP contribution in [0.5, 0.6) is 0 Å². The Morgan fingerprint density at radius 1 is 1.32 bits per heavy atom. The van der Waals surface area contributed by atoms with Gasteiger partial charge in [0.25, 0.3) is 11.5 Å². The molecule has 15 heteroatoms. The van der Waals surface area contributed by atoms with Crippen molar-refractivity contribution >= 4 is 17.4 Å². The molecule has 1 amide bonds. The van der Waals surface area contributed by atoms with Crippen molar-refractivity contribution in [1.82, 2.24) is 51.2 Å². The number of anilines is 1. The molecule has 5 rings (SSSR count). The molecule has 0 radical (unpaired) electrons. The molecule has 0 saturated carbocycles. The van der Waals surface area contributed by atoms with Crippen LogP contribution in [0, 0.1) is 0 Å². The van der Waals surface area contributed by atoms with Crippen molar-refractivity contribution in [3.8, 4) is 11.5 Å². The molecule has 174 valence electrons. The average molecular weight is 464 g/mol. The van der Waals surface area contributed by atoms with Crippen LogP contribution in [0.15, 0.2) is 40.3 Å². The van der Waals surface area contributed by atoms with Gasteiger partial charge in [-0.15, -0.1) is 15.0 Å².